The molecule has 0 unspecified atom stereocenters. The average Bonchev–Trinajstić information content (AvgIpc) is 2.55. The van der Waals surface area contributed by atoms with Gasteiger partial charge < -0.3 is 16.0 Å². The Bertz CT molecular complexity index is 696. The summed E-state index contributed by atoms with van der Waals surface area (Å²) in [6, 6.07) is 15.3. The van der Waals surface area contributed by atoms with E-state index in [-0.39, 0.29) is 11.8 Å². The van der Waals surface area contributed by atoms with Crippen LogP contribution in [0.15, 0.2) is 48.5 Å². The van der Waals surface area contributed by atoms with Crippen LogP contribution in [0.3, 0.4) is 0 Å². The Morgan fingerprint density at radius 3 is 2.29 bits per heavy atom. The van der Waals surface area contributed by atoms with E-state index in [1.54, 1.807) is 0 Å². The Balaban J connectivity index is 1.78. The first-order valence-corrected chi connectivity index (χ1v) is 8.07. The van der Waals surface area contributed by atoms with Gasteiger partial charge in [-0.25, -0.2) is 0 Å². The molecule has 0 heterocycles. The molecule has 2 amide bonds. The number of anilines is 3. The van der Waals surface area contributed by atoms with Gasteiger partial charge in [0.15, 0.2) is 0 Å². The maximum absolute atomic E-state index is 12.0. The van der Waals surface area contributed by atoms with E-state index in [0.717, 1.165) is 23.5 Å². The van der Waals surface area contributed by atoms with Crippen molar-refractivity contribution < 1.29 is 9.59 Å². The molecule has 5 heteroatoms. The van der Waals surface area contributed by atoms with Gasteiger partial charge in [-0.05, 0) is 42.3 Å². The van der Waals surface area contributed by atoms with E-state index >= 15 is 0 Å². The zero-order valence-corrected chi connectivity index (χ0v) is 14.1. The molecule has 2 aromatic rings. The van der Waals surface area contributed by atoms with Gasteiger partial charge in [0, 0.05) is 37.0 Å². The van der Waals surface area contributed by atoms with Crippen LogP contribution in [0.25, 0.3) is 0 Å². The van der Waals surface area contributed by atoms with Gasteiger partial charge in [0.2, 0.25) is 11.8 Å². The maximum atomic E-state index is 12.0. The predicted octanol–water partition coefficient (Wildman–Crippen LogP) is 3.65. The quantitative estimate of drug-likeness (QED) is 0.728. The van der Waals surface area contributed by atoms with Crippen LogP contribution < -0.4 is 16.0 Å². The Kier molecular flexibility index (Phi) is 6.37. The van der Waals surface area contributed by atoms with E-state index < -0.39 is 0 Å². The number of benzene rings is 2. The third kappa shape index (κ3) is 5.76. The van der Waals surface area contributed by atoms with E-state index in [1.807, 2.05) is 48.5 Å². The predicted molar refractivity (Wildman–Crippen MR) is 98.3 cm³/mol. The lowest BCUT2D eigenvalue weighted by Gasteiger charge is -2.09. The minimum atomic E-state index is -0.111. The lowest BCUT2D eigenvalue weighted by molar-refractivity contribution is -0.116. The molecule has 2 rings (SSSR count). The lowest BCUT2D eigenvalue weighted by Crippen LogP contribution is -2.16. The SMILES string of the molecule is CCc1ccc(NC(=O)CCNc2cccc(NC(C)=O)c2)cc1. The molecule has 0 spiro atoms. The molecule has 0 fully saturated rings. The van der Waals surface area contributed by atoms with Crippen molar-refractivity contribution in [3.63, 3.8) is 0 Å². The number of aryl methyl sites for hydroxylation is 1. The van der Waals surface area contributed by atoms with E-state index in [1.165, 1.54) is 12.5 Å². The first-order valence-electron chi connectivity index (χ1n) is 8.07. The first-order chi connectivity index (χ1) is 11.6. The number of carbonyl (C=O) groups excluding carboxylic acids is 2. The van der Waals surface area contributed by atoms with Crippen LogP contribution in [-0.4, -0.2) is 18.4 Å². The van der Waals surface area contributed by atoms with E-state index in [0.29, 0.717) is 13.0 Å². The molecule has 0 aliphatic heterocycles. The Morgan fingerprint density at radius 2 is 1.62 bits per heavy atom. The molecule has 0 aromatic heterocycles. The zero-order chi connectivity index (χ0) is 17.4. The number of hydrogen-bond donors (Lipinski definition) is 3. The molecular formula is C19H23N3O2. The fraction of sp³-hybridized carbons (Fsp3) is 0.263. The van der Waals surface area contributed by atoms with E-state index in [9.17, 15) is 9.59 Å². The van der Waals surface area contributed by atoms with Crippen molar-refractivity contribution in [2.24, 2.45) is 0 Å². The third-order valence-electron chi connectivity index (χ3n) is 3.51. The normalized spacial score (nSPS) is 10.1. The molecule has 126 valence electrons. The van der Waals surface area contributed by atoms with Gasteiger partial charge in [-0.2, -0.15) is 0 Å². The highest BCUT2D eigenvalue weighted by Crippen LogP contribution is 2.15. The van der Waals surface area contributed by atoms with Gasteiger partial charge in [0.1, 0.15) is 0 Å². The van der Waals surface area contributed by atoms with Gasteiger partial charge in [0.25, 0.3) is 0 Å². The summed E-state index contributed by atoms with van der Waals surface area (Å²) in [6.07, 6.45) is 1.34. The largest absolute Gasteiger partial charge is 0.384 e. The molecule has 2 aromatic carbocycles. The highest BCUT2D eigenvalue weighted by atomic mass is 16.2. The average molecular weight is 325 g/mol. The van der Waals surface area contributed by atoms with Crippen LogP contribution in [0.4, 0.5) is 17.1 Å². The molecule has 0 saturated carbocycles. The van der Waals surface area contributed by atoms with Crippen LogP contribution in [0.5, 0.6) is 0 Å². The summed E-state index contributed by atoms with van der Waals surface area (Å²) >= 11 is 0. The summed E-state index contributed by atoms with van der Waals surface area (Å²) in [5.41, 5.74) is 3.65. The Morgan fingerprint density at radius 1 is 0.917 bits per heavy atom. The molecule has 0 bridgehead atoms. The summed E-state index contributed by atoms with van der Waals surface area (Å²) in [6.45, 7) is 4.08. The lowest BCUT2D eigenvalue weighted by atomic mass is 10.1. The number of nitrogens with one attached hydrogen (secondary N) is 3. The van der Waals surface area contributed by atoms with Crippen molar-refractivity contribution in [1.29, 1.82) is 0 Å². The minimum absolute atomic E-state index is 0.0373. The van der Waals surface area contributed by atoms with Crippen molar-refractivity contribution in [3.05, 3.63) is 54.1 Å². The smallest absolute Gasteiger partial charge is 0.226 e. The van der Waals surface area contributed by atoms with Crippen molar-refractivity contribution in [2.45, 2.75) is 26.7 Å². The summed E-state index contributed by atoms with van der Waals surface area (Å²) < 4.78 is 0. The summed E-state index contributed by atoms with van der Waals surface area (Å²) in [5, 5.41) is 8.79. The summed E-state index contributed by atoms with van der Waals surface area (Å²) in [4.78, 5) is 23.0. The Hall–Kier alpha value is -2.82. The van der Waals surface area contributed by atoms with Crippen LogP contribution >= 0.6 is 0 Å². The van der Waals surface area contributed by atoms with E-state index in [4.69, 9.17) is 0 Å². The topological polar surface area (TPSA) is 70.2 Å². The molecule has 0 saturated heterocycles. The van der Waals surface area contributed by atoms with E-state index in [2.05, 4.69) is 22.9 Å². The molecule has 24 heavy (non-hydrogen) atoms. The molecule has 0 atom stereocenters. The molecule has 3 N–H and O–H groups in total. The summed E-state index contributed by atoms with van der Waals surface area (Å²) in [5.74, 6) is -0.148. The molecular weight excluding hydrogens is 302 g/mol. The Labute approximate surface area is 142 Å². The molecule has 0 aliphatic rings. The van der Waals surface area contributed by atoms with Gasteiger partial charge in [-0.3, -0.25) is 9.59 Å². The minimum Gasteiger partial charge on any atom is -0.384 e. The van der Waals surface area contributed by atoms with Crippen molar-refractivity contribution >= 4 is 28.9 Å². The second-order valence-corrected chi connectivity index (χ2v) is 5.54. The van der Waals surface area contributed by atoms with Gasteiger partial charge in [0.05, 0.1) is 0 Å². The van der Waals surface area contributed by atoms with Crippen LogP contribution in [0, 0.1) is 0 Å². The second-order valence-electron chi connectivity index (χ2n) is 5.54. The second kappa shape index (κ2) is 8.72. The number of amides is 2. The fourth-order valence-corrected chi connectivity index (χ4v) is 2.28. The van der Waals surface area contributed by atoms with Gasteiger partial charge in [-0.1, -0.05) is 25.1 Å². The molecule has 0 aliphatic carbocycles. The standard InChI is InChI=1S/C19H23N3O2/c1-3-15-7-9-16(10-8-15)22-19(24)11-12-20-17-5-4-6-18(13-17)21-14(2)23/h4-10,13,20H,3,11-12H2,1-2H3,(H,21,23)(H,22,24). The van der Waals surface area contributed by atoms with Crippen LogP contribution in [-0.2, 0) is 16.0 Å². The van der Waals surface area contributed by atoms with Crippen LogP contribution in [0.1, 0.15) is 25.8 Å². The fourth-order valence-electron chi connectivity index (χ4n) is 2.28. The number of carbonyl (C=O) groups is 2. The van der Waals surface area contributed by atoms with Crippen molar-refractivity contribution in [3.8, 4) is 0 Å². The highest BCUT2D eigenvalue weighted by Gasteiger charge is 2.03. The molecule has 5 nitrogen and oxygen atoms in total. The van der Waals surface area contributed by atoms with Crippen molar-refractivity contribution in [1.82, 2.24) is 0 Å². The van der Waals surface area contributed by atoms with Gasteiger partial charge >= 0.3 is 0 Å². The number of hydrogen-bond acceptors (Lipinski definition) is 3. The summed E-state index contributed by atoms with van der Waals surface area (Å²) in [7, 11) is 0. The maximum Gasteiger partial charge on any atom is 0.226 e. The first kappa shape index (κ1) is 17.5. The van der Waals surface area contributed by atoms with Gasteiger partial charge in [-0.15, -0.1) is 0 Å². The molecule has 0 radical (unpaired) electrons. The number of rotatable bonds is 7. The highest BCUT2D eigenvalue weighted by molar-refractivity contribution is 5.91. The van der Waals surface area contributed by atoms with Crippen molar-refractivity contribution in [2.75, 3.05) is 22.5 Å². The third-order valence-corrected chi connectivity index (χ3v) is 3.51. The van der Waals surface area contributed by atoms with Crippen LogP contribution in [0.2, 0.25) is 0 Å². The zero-order valence-electron chi connectivity index (χ0n) is 14.1. The monoisotopic (exact) mass is 325 g/mol.